The lowest BCUT2D eigenvalue weighted by atomic mass is 9.91. The Morgan fingerprint density at radius 3 is 3.12 bits per heavy atom. The van der Waals surface area contributed by atoms with Gasteiger partial charge in [0.05, 0.1) is 11.8 Å². The molecule has 1 aliphatic heterocycles. The largest absolute Gasteiger partial charge is 0.396 e. The van der Waals surface area contributed by atoms with E-state index in [1.165, 1.54) is 0 Å². The number of aliphatic hydroxyl groups is 1. The number of aliphatic hydroxyl groups excluding tert-OH is 1. The van der Waals surface area contributed by atoms with Crippen LogP contribution in [0.1, 0.15) is 26.2 Å². The van der Waals surface area contributed by atoms with Gasteiger partial charge in [-0.25, -0.2) is 4.98 Å². The van der Waals surface area contributed by atoms with Crippen molar-refractivity contribution in [2.75, 3.05) is 23.7 Å². The number of piperidine rings is 1. The first-order valence-corrected chi connectivity index (χ1v) is 6.36. The summed E-state index contributed by atoms with van der Waals surface area (Å²) in [4.78, 5) is 6.54. The van der Waals surface area contributed by atoms with E-state index in [1.807, 2.05) is 12.1 Å². The molecule has 0 saturated carbocycles. The molecule has 1 fully saturated rings. The SMILES string of the molecule is CCC[C@H]1CN(c2ncccc2N)CC[C@H]1O. The van der Waals surface area contributed by atoms with E-state index in [-0.39, 0.29) is 6.10 Å². The topological polar surface area (TPSA) is 62.4 Å². The summed E-state index contributed by atoms with van der Waals surface area (Å²) in [6.07, 6.45) is 4.57. The van der Waals surface area contributed by atoms with Crippen molar-refractivity contribution in [3.05, 3.63) is 18.3 Å². The van der Waals surface area contributed by atoms with Crippen molar-refractivity contribution in [3.63, 3.8) is 0 Å². The van der Waals surface area contributed by atoms with Crippen LogP contribution in [0.4, 0.5) is 11.5 Å². The van der Waals surface area contributed by atoms with Gasteiger partial charge >= 0.3 is 0 Å². The first-order chi connectivity index (χ1) is 8.22. The number of pyridine rings is 1. The minimum atomic E-state index is -0.170. The van der Waals surface area contributed by atoms with E-state index in [0.29, 0.717) is 5.92 Å². The van der Waals surface area contributed by atoms with Crippen LogP contribution in [0.5, 0.6) is 0 Å². The minimum Gasteiger partial charge on any atom is -0.396 e. The van der Waals surface area contributed by atoms with Gasteiger partial charge in [0.1, 0.15) is 0 Å². The van der Waals surface area contributed by atoms with E-state index >= 15 is 0 Å². The standard InChI is InChI=1S/C13H21N3O/c1-2-4-10-9-16(8-6-12(10)17)13-11(14)5-3-7-15-13/h3,5,7,10,12,17H,2,4,6,8-9,14H2,1H3/t10-,12+/m0/s1. The fourth-order valence-electron chi connectivity index (χ4n) is 2.54. The molecule has 0 aliphatic carbocycles. The zero-order valence-electron chi connectivity index (χ0n) is 10.3. The van der Waals surface area contributed by atoms with Crippen LogP contribution in [0.25, 0.3) is 0 Å². The van der Waals surface area contributed by atoms with Gasteiger partial charge in [0.15, 0.2) is 5.82 Å². The maximum absolute atomic E-state index is 9.96. The Morgan fingerprint density at radius 1 is 1.59 bits per heavy atom. The summed E-state index contributed by atoms with van der Waals surface area (Å²) in [5.74, 6) is 1.20. The Morgan fingerprint density at radius 2 is 2.41 bits per heavy atom. The number of hydrogen-bond acceptors (Lipinski definition) is 4. The van der Waals surface area contributed by atoms with Crippen LogP contribution in [0, 0.1) is 5.92 Å². The lowest BCUT2D eigenvalue weighted by Crippen LogP contribution is -2.43. The molecule has 2 atom stereocenters. The zero-order valence-corrected chi connectivity index (χ0v) is 10.3. The second-order valence-electron chi connectivity index (χ2n) is 4.77. The molecule has 4 nitrogen and oxygen atoms in total. The van der Waals surface area contributed by atoms with Crippen molar-refractivity contribution in [2.45, 2.75) is 32.3 Å². The van der Waals surface area contributed by atoms with Gasteiger partial charge in [-0.2, -0.15) is 0 Å². The average molecular weight is 235 g/mol. The van der Waals surface area contributed by atoms with Crippen molar-refractivity contribution >= 4 is 11.5 Å². The Bertz CT molecular complexity index is 369. The first-order valence-electron chi connectivity index (χ1n) is 6.36. The van der Waals surface area contributed by atoms with Crippen LogP contribution in [-0.4, -0.2) is 29.3 Å². The van der Waals surface area contributed by atoms with Gasteiger partial charge in [-0.3, -0.25) is 0 Å². The molecule has 0 aromatic carbocycles. The van der Waals surface area contributed by atoms with Crippen LogP contribution in [-0.2, 0) is 0 Å². The predicted octanol–water partition coefficient (Wildman–Crippen LogP) is 1.65. The third-order valence-corrected chi connectivity index (χ3v) is 3.47. The molecule has 0 radical (unpaired) electrons. The maximum Gasteiger partial charge on any atom is 0.151 e. The average Bonchev–Trinajstić information content (AvgIpc) is 2.33. The molecule has 0 spiro atoms. The molecule has 1 saturated heterocycles. The highest BCUT2D eigenvalue weighted by Gasteiger charge is 2.28. The monoisotopic (exact) mass is 235 g/mol. The number of aromatic nitrogens is 1. The van der Waals surface area contributed by atoms with Crippen LogP contribution < -0.4 is 10.6 Å². The Balaban J connectivity index is 2.10. The first kappa shape index (κ1) is 12.2. The molecule has 3 N–H and O–H groups in total. The van der Waals surface area contributed by atoms with E-state index in [0.717, 1.165) is 43.9 Å². The molecule has 0 unspecified atom stereocenters. The van der Waals surface area contributed by atoms with E-state index in [2.05, 4.69) is 16.8 Å². The lowest BCUT2D eigenvalue weighted by molar-refractivity contribution is 0.0828. The van der Waals surface area contributed by atoms with Gasteiger partial charge in [0.25, 0.3) is 0 Å². The number of nitrogens with two attached hydrogens (primary N) is 1. The molecule has 1 aromatic rings. The smallest absolute Gasteiger partial charge is 0.151 e. The van der Waals surface area contributed by atoms with Crippen LogP contribution in [0.3, 0.4) is 0 Å². The summed E-state index contributed by atoms with van der Waals surface area (Å²) >= 11 is 0. The quantitative estimate of drug-likeness (QED) is 0.836. The number of nitrogen functional groups attached to an aromatic ring is 1. The normalized spacial score (nSPS) is 24.9. The summed E-state index contributed by atoms with van der Waals surface area (Å²) in [6.45, 7) is 3.85. The molecule has 2 heterocycles. The fourth-order valence-corrected chi connectivity index (χ4v) is 2.54. The van der Waals surface area contributed by atoms with Crippen molar-refractivity contribution in [1.82, 2.24) is 4.98 Å². The zero-order chi connectivity index (χ0) is 12.3. The van der Waals surface area contributed by atoms with E-state index in [4.69, 9.17) is 5.73 Å². The van der Waals surface area contributed by atoms with E-state index < -0.39 is 0 Å². The summed E-state index contributed by atoms with van der Waals surface area (Å²) in [6, 6.07) is 3.73. The number of rotatable bonds is 3. The molecule has 17 heavy (non-hydrogen) atoms. The molecular formula is C13H21N3O. The molecule has 1 aromatic heterocycles. The lowest BCUT2D eigenvalue weighted by Gasteiger charge is -2.37. The third-order valence-electron chi connectivity index (χ3n) is 3.47. The second-order valence-corrected chi connectivity index (χ2v) is 4.77. The van der Waals surface area contributed by atoms with Crippen LogP contribution in [0.2, 0.25) is 0 Å². The number of anilines is 2. The fraction of sp³-hybridized carbons (Fsp3) is 0.615. The molecule has 2 rings (SSSR count). The molecule has 4 heteroatoms. The Kier molecular flexibility index (Phi) is 3.84. The van der Waals surface area contributed by atoms with Crippen LogP contribution >= 0.6 is 0 Å². The summed E-state index contributed by atoms with van der Waals surface area (Å²) < 4.78 is 0. The molecule has 1 aliphatic rings. The van der Waals surface area contributed by atoms with Crippen molar-refractivity contribution in [2.24, 2.45) is 5.92 Å². The van der Waals surface area contributed by atoms with Gasteiger partial charge in [0.2, 0.25) is 0 Å². The second kappa shape index (κ2) is 5.36. The Labute approximate surface area is 102 Å². The summed E-state index contributed by atoms with van der Waals surface area (Å²) in [5, 5.41) is 9.96. The van der Waals surface area contributed by atoms with Gasteiger partial charge in [-0.1, -0.05) is 13.3 Å². The van der Waals surface area contributed by atoms with Crippen molar-refractivity contribution in [1.29, 1.82) is 0 Å². The minimum absolute atomic E-state index is 0.170. The molecular weight excluding hydrogens is 214 g/mol. The highest BCUT2D eigenvalue weighted by Crippen LogP contribution is 2.27. The Hall–Kier alpha value is -1.29. The highest BCUT2D eigenvalue weighted by molar-refractivity contribution is 5.62. The van der Waals surface area contributed by atoms with Gasteiger partial charge in [-0.05, 0) is 25.0 Å². The maximum atomic E-state index is 9.96. The van der Waals surface area contributed by atoms with Crippen molar-refractivity contribution in [3.8, 4) is 0 Å². The highest BCUT2D eigenvalue weighted by atomic mass is 16.3. The molecule has 94 valence electrons. The summed E-state index contributed by atoms with van der Waals surface area (Å²) in [7, 11) is 0. The van der Waals surface area contributed by atoms with Crippen molar-refractivity contribution < 1.29 is 5.11 Å². The summed E-state index contributed by atoms with van der Waals surface area (Å²) in [5.41, 5.74) is 6.66. The van der Waals surface area contributed by atoms with E-state index in [9.17, 15) is 5.11 Å². The van der Waals surface area contributed by atoms with Gasteiger partial charge in [0, 0.05) is 25.2 Å². The third kappa shape index (κ3) is 2.69. The van der Waals surface area contributed by atoms with Gasteiger partial charge < -0.3 is 15.7 Å². The van der Waals surface area contributed by atoms with Gasteiger partial charge in [-0.15, -0.1) is 0 Å². The number of nitrogens with zero attached hydrogens (tertiary/aromatic N) is 2. The number of hydrogen-bond donors (Lipinski definition) is 2. The van der Waals surface area contributed by atoms with E-state index in [1.54, 1.807) is 6.20 Å². The van der Waals surface area contributed by atoms with Crippen LogP contribution in [0.15, 0.2) is 18.3 Å². The predicted molar refractivity (Wildman–Crippen MR) is 69.9 cm³/mol. The molecule has 0 amide bonds. The molecule has 0 bridgehead atoms.